The van der Waals surface area contributed by atoms with E-state index in [0.717, 1.165) is 25.0 Å². The molecule has 2 rings (SSSR count). The van der Waals surface area contributed by atoms with Gasteiger partial charge < -0.3 is 5.32 Å². The predicted octanol–water partition coefficient (Wildman–Crippen LogP) is 1.04. The van der Waals surface area contributed by atoms with Gasteiger partial charge in [-0.3, -0.25) is 14.9 Å². The minimum absolute atomic E-state index is 0.171. The molecule has 1 aromatic rings. The molecule has 0 saturated heterocycles. The largest absolute Gasteiger partial charge is 0.352 e. The number of hydrogen-bond donors (Lipinski definition) is 2. The van der Waals surface area contributed by atoms with E-state index in [9.17, 15) is 23.3 Å². The number of halogens is 1. The van der Waals surface area contributed by atoms with Crippen molar-refractivity contribution in [2.45, 2.75) is 17.7 Å². The van der Waals surface area contributed by atoms with E-state index in [1.807, 2.05) is 0 Å². The number of rotatable bonds is 5. The van der Waals surface area contributed by atoms with Crippen LogP contribution in [0.15, 0.2) is 17.0 Å². The summed E-state index contributed by atoms with van der Waals surface area (Å²) < 4.78 is 22.8. The number of nitrogens with zero attached hydrogens (tertiary/aromatic N) is 1. The van der Waals surface area contributed by atoms with Gasteiger partial charge in [0.2, 0.25) is 10.0 Å². The number of primary sulfonamides is 1. The van der Waals surface area contributed by atoms with E-state index in [1.54, 1.807) is 0 Å². The van der Waals surface area contributed by atoms with Gasteiger partial charge in [-0.2, -0.15) is 0 Å². The van der Waals surface area contributed by atoms with E-state index in [2.05, 4.69) is 5.32 Å². The molecule has 1 aliphatic rings. The molecule has 0 radical (unpaired) electrons. The average molecular weight is 334 g/mol. The molecule has 0 aromatic heterocycles. The standard InChI is InChI=1S/C11H12ClN3O5S/c12-10-8(15(17)18)3-7(4-9(10)21(13,19)20)11(16)14-5-6-1-2-6/h3-4,6H,1-2,5H2,(H,14,16)(H2,13,19,20). The van der Waals surface area contributed by atoms with E-state index < -0.39 is 36.5 Å². The third-order valence-corrected chi connectivity index (χ3v) is 4.48. The highest BCUT2D eigenvalue weighted by Gasteiger charge is 2.27. The summed E-state index contributed by atoms with van der Waals surface area (Å²) in [5.41, 5.74) is -0.851. The van der Waals surface area contributed by atoms with E-state index in [1.165, 1.54) is 0 Å². The van der Waals surface area contributed by atoms with Crippen LogP contribution in [0.25, 0.3) is 0 Å². The summed E-state index contributed by atoms with van der Waals surface area (Å²) in [6.45, 7) is 0.444. The summed E-state index contributed by atoms with van der Waals surface area (Å²) >= 11 is 5.67. The van der Waals surface area contributed by atoms with Crippen molar-refractivity contribution in [1.82, 2.24) is 5.32 Å². The first kappa shape index (κ1) is 15.7. The fraction of sp³-hybridized carbons (Fsp3) is 0.364. The molecular formula is C11H12ClN3O5S. The maximum Gasteiger partial charge on any atom is 0.290 e. The highest BCUT2D eigenvalue weighted by molar-refractivity contribution is 7.89. The number of sulfonamides is 1. The summed E-state index contributed by atoms with van der Waals surface area (Å²) in [5, 5.41) is 17.8. The van der Waals surface area contributed by atoms with Crippen LogP contribution in [-0.2, 0) is 10.0 Å². The zero-order valence-electron chi connectivity index (χ0n) is 10.7. The molecule has 21 heavy (non-hydrogen) atoms. The van der Waals surface area contributed by atoms with E-state index in [0.29, 0.717) is 12.5 Å². The Balaban J connectivity index is 2.43. The summed E-state index contributed by atoms with van der Waals surface area (Å²) in [6, 6.07) is 1.87. The van der Waals surface area contributed by atoms with E-state index in [4.69, 9.17) is 16.7 Å². The highest BCUT2D eigenvalue weighted by atomic mass is 35.5. The Morgan fingerprint density at radius 1 is 1.48 bits per heavy atom. The summed E-state index contributed by atoms with van der Waals surface area (Å²) in [6.07, 6.45) is 2.03. The van der Waals surface area contributed by atoms with Crippen molar-refractivity contribution in [3.8, 4) is 0 Å². The van der Waals surface area contributed by atoms with Crippen molar-refractivity contribution in [3.05, 3.63) is 32.8 Å². The first-order valence-corrected chi connectivity index (χ1v) is 7.91. The fourth-order valence-electron chi connectivity index (χ4n) is 1.72. The number of carbonyl (C=O) groups excluding carboxylic acids is 1. The average Bonchev–Trinajstić information content (AvgIpc) is 3.18. The van der Waals surface area contributed by atoms with Crippen molar-refractivity contribution < 1.29 is 18.1 Å². The third-order valence-electron chi connectivity index (χ3n) is 3.03. The number of nitrogens with one attached hydrogen (secondary N) is 1. The van der Waals surface area contributed by atoms with Gasteiger partial charge in [0.25, 0.3) is 11.6 Å². The van der Waals surface area contributed by atoms with Gasteiger partial charge >= 0.3 is 0 Å². The Bertz CT molecular complexity index is 715. The lowest BCUT2D eigenvalue weighted by atomic mass is 10.2. The van der Waals surface area contributed by atoms with Crippen LogP contribution in [0.5, 0.6) is 0 Å². The Morgan fingerprint density at radius 3 is 2.57 bits per heavy atom. The number of carbonyl (C=O) groups is 1. The Kier molecular flexibility index (Phi) is 4.17. The molecule has 0 bridgehead atoms. The first-order valence-electron chi connectivity index (χ1n) is 5.99. The van der Waals surface area contributed by atoms with Gasteiger partial charge in [0.1, 0.15) is 9.92 Å². The molecule has 1 fully saturated rings. The van der Waals surface area contributed by atoms with Crippen LogP contribution in [0.4, 0.5) is 5.69 Å². The van der Waals surface area contributed by atoms with Gasteiger partial charge in [0.05, 0.1) is 4.92 Å². The van der Waals surface area contributed by atoms with Crippen LogP contribution in [0, 0.1) is 16.0 Å². The van der Waals surface area contributed by atoms with Crippen molar-refractivity contribution in [2.24, 2.45) is 11.1 Å². The molecule has 1 saturated carbocycles. The number of nitrogens with two attached hydrogens (primary N) is 1. The van der Waals surface area contributed by atoms with Gasteiger partial charge in [-0.15, -0.1) is 0 Å². The topological polar surface area (TPSA) is 132 Å². The van der Waals surface area contributed by atoms with Crippen molar-refractivity contribution in [1.29, 1.82) is 0 Å². The van der Waals surface area contributed by atoms with Gasteiger partial charge in [-0.25, -0.2) is 13.6 Å². The quantitative estimate of drug-likeness (QED) is 0.613. The van der Waals surface area contributed by atoms with Crippen molar-refractivity contribution in [2.75, 3.05) is 6.54 Å². The molecule has 1 aliphatic carbocycles. The van der Waals surface area contributed by atoms with Crippen LogP contribution < -0.4 is 10.5 Å². The second-order valence-corrected chi connectivity index (χ2v) is 6.67. The number of benzene rings is 1. The van der Waals surface area contributed by atoms with Crippen LogP contribution in [0.1, 0.15) is 23.2 Å². The molecule has 0 unspecified atom stereocenters. The van der Waals surface area contributed by atoms with Gasteiger partial charge in [0, 0.05) is 18.2 Å². The molecule has 0 spiro atoms. The number of nitro groups is 1. The van der Waals surface area contributed by atoms with E-state index in [-0.39, 0.29) is 5.56 Å². The minimum atomic E-state index is -4.28. The molecule has 114 valence electrons. The molecule has 0 atom stereocenters. The van der Waals surface area contributed by atoms with Crippen LogP contribution in [0.3, 0.4) is 0 Å². The zero-order chi connectivity index (χ0) is 15.8. The summed E-state index contributed by atoms with van der Waals surface area (Å²) in [4.78, 5) is 21.3. The van der Waals surface area contributed by atoms with Gasteiger partial charge in [-0.1, -0.05) is 11.6 Å². The number of amides is 1. The van der Waals surface area contributed by atoms with Crippen LogP contribution in [0.2, 0.25) is 5.02 Å². The second-order valence-electron chi connectivity index (χ2n) is 4.76. The zero-order valence-corrected chi connectivity index (χ0v) is 12.3. The Morgan fingerprint density at radius 2 is 2.10 bits per heavy atom. The normalized spacial score (nSPS) is 14.8. The van der Waals surface area contributed by atoms with E-state index >= 15 is 0 Å². The lowest BCUT2D eigenvalue weighted by Gasteiger charge is -2.08. The molecule has 1 amide bonds. The third kappa shape index (κ3) is 3.69. The van der Waals surface area contributed by atoms with Crippen LogP contribution in [-0.4, -0.2) is 25.8 Å². The summed E-state index contributed by atoms with van der Waals surface area (Å²) in [5.74, 6) is -0.194. The molecule has 0 heterocycles. The maximum atomic E-state index is 11.9. The minimum Gasteiger partial charge on any atom is -0.352 e. The Hall–Kier alpha value is -1.71. The SMILES string of the molecule is NS(=O)(=O)c1cc(C(=O)NCC2CC2)cc([N+](=O)[O-])c1Cl. The summed E-state index contributed by atoms with van der Waals surface area (Å²) in [7, 11) is -4.28. The molecule has 1 aromatic carbocycles. The number of nitro benzene ring substituents is 1. The fourth-order valence-corrected chi connectivity index (χ4v) is 2.86. The van der Waals surface area contributed by atoms with Gasteiger partial charge in [0.15, 0.2) is 0 Å². The molecule has 8 nitrogen and oxygen atoms in total. The molecule has 3 N–H and O–H groups in total. The van der Waals surface area contributed by atoms with Gasteiger partial charge in [-0.05, 0) is 24.8 Å². The highest BCUT2D eigenvalue weighted by Crippen LogP contribution is 2.32. The maximum absolute atomic E-state index is 11.9. The monoisotopic (exact) mass is 333 g/mol. The predicted molar refractivity (Wildman–Crippen MR) is 74.5 cm³/mol. The lowest BCUT2D eigenvalue weighted by Crippen LogP contribution is -2.26. The molecule has 0 aliphatic heterocycles. The second kappa shape index (κ2) is 5.58. The smallest absolute Gasteiger partial charge is 0.290 e. The first-order chi connectivity index (χ1) is 9.70. The van der Waals surface area contributed by atoms with Crippen molar-refractivity contribution in [3.63, 3.8) is 0 Å². The lowest BCUT2D eigenvalue weighted by molar-refractivity contribution is -0.384. The molecule has 10 heteroatoms. The van der Waals surface area contributed by atoms with Crippen LogP contribution >= 0.6 is 11.6 Å². The van der Waals surface area contributed by atoms with Crippen molar-refractivity contribution >= 4 is 33.2 Å². The Labute approximate surface area is 125 Å². The number of hydrogen-bond acceptors (Lipinski definition) is 5. The molecular weight excluding hydrogens is 322 g/mol.